The van der Waals surface area contributed by atoms with Gasteiger partial charge in [-0.1, -0.05) is 26.8 Å². The molecule has 0 aromatic carbocycles. The van der Waals surface area contributed by atoms with Gasteiger partial charge in [0.25, 0.3) is 0 Å². The zero-order chi connectivity index (χ0) is 11.5. The third-order valence-corrected chi connectivity index (χ3v) is 3.35. The zero-order valence-electron chi connectivity index (χ0n) is 9.86. The molecule has 1 aromatic rings. The summed E-state index contributed by atoms with van der Waals surface area (Å²) in [5, 5.41) is 12.1. The van der Waals surface area contributed by atoms with E-state index in [0.29, 0.717) is 6.42 Å². The first-order chi connectivity index (χ1) is 6.95. The molecule has 1 heterocycles. The van der Waals surface area contributed by atoms with E-state index in [1.807, 2.05) is 17.5 Å². The summed E-state index contributed by atoms with van der Waals surface area (Å²) in [7, 11) is 1.66. The molecule has 1 rings (SSSR count). The lowest BCUT2D eigenvalue weighted by molar-refractivity contribution is -0.0696. The Hall–Kier alpha value is -0.380. The molecule has 0 saturated heterocycles. The summed E-state index contributed by atoms with van der Waals surface area (Å²) in [6.45, 7) is 6.25. The Balaban J connectivity index is 2.62. The number of methoxy groups -OCH3 is 1. The molecule has 0 saturated carbocycles. The first-order valence-electron chi connectivity index (χ1n) is 5.18. The van der Waals surface area contributed by atoms with Crippen LogP contribution in [-0.4, -0.2) is 24.4 Å². The lowest BCUT2D eigenvalue weighted by Gasteiger charge is -2.33. The Bertz CT molecular complexity index is 274. The van der Waals surface area contributed by atoms with Crippen molar-refractivity contribution < 1.29 is 9.84 Å². The number of ether oxygens (including phenoxy) is 1. The molecular formula is C12H20O2S. The molecule has 0 aliphatic carbocycles. The minimum atomic E-state index is -0.436. The largest absolute Gasteiger partial charge is 0.390 e. The van der Waals surface area contributed by atoms with Crippen LogP contribution in [0.3, 0.4) is 0 Å². The Kier molecular flexibility index (Phi) is 4.32. The molecule has 0 fully saturated rings. The molecule has 1 N–H and O–H groups in total. The van der Waals surface area contributed by atoms with Crippen LogP contribution >= 0.6 is 11.3 Å². The summed E-state index contributed by atoms with van der Waals surface area (Å²) in [5.41, 5.74) is -0.0363. The highest BCUT2D eigenvalue weighted by molar-refractivity contribution is 7.09. The second-order valence-electron chi connectivity index (χ2n) is 4.87. The fourth-order valence-electron chi connectivity index (χ4n) is 1.83. The van der Waals surface area contributed by atoms with Gasteiger partial charge in [0.2, 0.25) is 0 Å². The van der Waals surface area contributed by atoms with E-state index < -0.39 is 6.10 Å². The highest BCUT2D eigenvalue weighted by atomic mass is 32.1. The number of aliphatic hydroxyl groups excluding tert-OH is 1. The van der Waals surface area contributed by atoms with Crippen molar-refractivity contribution in [3.8, 4) is 0 Å². The van der Waals surface area contributed by atoms with Crippen LogP contribution in [0.25, 0.3) is 0 Å². The second kappa shape index (κ2) is 5.10. The molecule has 0 aliphatic heterocycles. The Morgan fingerprint density at radius 2 is 2.13 bits per heavy atom. The molecule has 3 heteroatoms. The lowest BCUT2D eigenvalue weighted by Crippen LogP contribution is -2.40. The van der Waals surface area contributed by atoms with Crippen molar-refractivity contribution in [2.24, 2.45) is 5.41 Å². The van der Waals surface area contributed by atoms with Crippen molar-refractivity contribution in [2.45, 2.75) is 39.4 Å². The number of thiophene rings is 1. The van der Waals surface area contributed by atoms with Gasteiger partial charge in [-0.15, -0.1) is 11.3 Å². The van der Waals surface area contributed by atoms with Gasteiger partial charge in [0, 0.05) is 18.4 Å². The average Bonchev–Trinajstić information content (AvgIpc) is 2.54. The van der Waals surface area contributed by atoms with Crippen LogP contribution in [0.4, 0.5) is 0 Å². The monoisotopic (exact) mass is 228 g/mol. The Morgan fingerprint density at radius 3 is 2.53 bits per heavy atom. The maximum atomic E-state index is 10.1. The van der Waals surface area contributed by atoms with Gasteiger partial charge in [0.1, 0.15) is 0 Å². The highest BCUT2D eigenvalue weighted by Gasteiger charge is 2.31. The van der Waals surface area contributed by atoms with Gasteiger partial charge in [-0.05, 0) is 16.9 Å². The van der Waals surface area contributed by atoms with Crippen molar-refractivity contribution in [1.29, 1.82) is 0 Å². The van der Waals surface area contributed by atoms with Crippen LogP contribution in [0, 0.1) is 5.41 Å². The highest BCUT2D eigenvalue weighted by Crippen LogP contribution is 2.26. The van der Waals surface area contributed by atoms with Gasteiger partial charge < -0.3 is 9.84 Å². The first kappa shape index (κ1) is 12.7. The van der Waals surface area contributed by atoms with Crippen LogP contribution in [-0.2, 0) is 11.2 Å². The summed E-state index contributed by atoms with van der Waals surface area (Å²) < 4.78 is 5.38. The van der Waals surface area contributed by atoms with Crippen molar-refractivity contribution >= 4 is 11.3 Å². The molecule has 2 nitrogen and oxygen atoms in total. The van der Waals surface area contributed by atoms with Crippen molar-refractivity contribution in [3.05, 3.63) is 22.4 Å². The van der Waals surface area contributed by atoms with E-state index >= 15 is 0 Å². The van der Waals surface area contributed by atoms with E-state index in [4.69, 9.17) is 4.74 Å². The van der Waals surface area contributed by atoms with Crippen molar-refractivity contribution in [3.63, 3.8) is 0 Å². The molecule has 0 aliphatic rings. The molecule has 0 spiro atoms. The second-order valence-corrected chi connectivity index (χ2v) is 5.91. The molecule has 0 amide bonds. The van der Waals surface area contributed by atoms with Crippen LogP contribution in [0.2, 0.25) is 0 Å². The minimum absolute atomic E-state index is 0.0363. The molecular weight excluding hydrogens is 208 g/mol. The molecule has 86 valence electrons. The summed E-state index contributed by atoms with van der Waals surface area (Å²) in [6.07, 6.45) is 0.112. The summed E-state index contributed by atoms with van der Waals surface area (Å²) in [5.74, 6) is 0. The van der Waals surface area contributed by atoms with Crippen molar-refractivity contribution in [2.75, 3.05) is 7.11 Å². The van der Waals surface area contributed by atoms with Crippen LogP contribution in [0.15, 0.2) is 17.5 Å². The van der Waals surface area contributed by atoms with Gasteiger partial charge >= 0.3 is 0 Å². The lowest BCUT2D eigenvalue weighted by atomic mass is 9.84. The fraction of sp³-hybridized carbons (Fsp3) is 0.667. The van der Waals surface area contributed by atoms with Gasteiger partial charge in [-0.2, -0.15) is 0 Å². The van der Waals surface area contributed by atoms with Gasteiger partial charge in [-0.3, -0.25) is 0 Å². The first-order valence-corrected chi connectivity index (χ1v) is 6.06. The maximum Gasteiger partial charge on any atom is 0.0881 e. The van der Waals surface area contributed by atoms with Gasteiger partial charge in [0.15, 0.2) is 0 Å². The third kappa shape index (κ3) is 3.59. The quantitative estimate of drug-likeness (QED) is 0.858. The van der Waals surface area contributed by atoms with Crippen LogP contribution in [0.5, 0.6) is 0 Å². The van der Waals surface area contributed by atoms with Crippen molar-refractivity contribution in [1.82, 2.24) is 0 Å². The zero-order valence-corrected chi connectivity index (χ0v) is 10.7. The van der Waals surface area contributed by atoms with Crippen LogP contribution in [0.1, 0.15) is 25.6 Å². The molecule has 2 unspecified atom stereocenters. The maximum absolute atomic E-state index is 10.1. The molecule has 2 atom stereocenters. The van der Waals surface area contributed by atoms with Gasteiger partial charge in [0.05, 0.1) is 12.2 Å². The SMILES string of the molecule is COC(C(O)Cc1cccs1)C(C)(C)C. The predicted octanol–water partition coefficient (Wildman–Crippen LogP) is 2.71. The van der Waals surface area contributed by atoms with Gasteiger partial charge in [-0.25, -0.2) is 0 Å². The van der Waals surface area contributed by atoms with E-state index in [-0.39, 0.29) is 11.5 Å². The molecule has 15 heavy (non-hydrogen) atoms. The predicted molar refractivity (Wildman–Crippen MR) is 64.3 cm³/mol. The standard InChI is InChI=1S/C12H20O2S/c1-12(2,3)11(14-4)10(13)8-9-6-5-7-15-9/h5-7,10-11,13H,8H2,1-4H3. The number of aliphatic hydroxyl groups is 1. The topological polar surface area (TPSA) is 29.5 Å². The average molecular weight is 228 g/mol. The normalized spacial score (nSPS) is 16.3. The van der Waals surface area contributed by atoms with E-state index in [0.717, 1.165) is 0 Å². The van der Waals surface area contributed by atoms with Crippen LogP contribution < -0.4 is 0 Å². The number of hydrogen-bond donors (Lipinski definition) is 1. The number of hydrogen-bond acceptors (Lipinski definition) is 3. The molecule has 0 radical (unpaired) electrons. The smallest absolute Gasteiger partial charge is 0.0881 e. The summed E-state index contributed by atoms with van der Waals surface area (Å²) >= 11 is 1.67. The summed E-state index contributed by atoms with van der Waals surface area (Å²) in [4.78, 5) is 1.20. The Labute approximate surface area is 95.9 Å². The number of rotatable bonds is 4. The minimum Gasteiger partial charge on any atom is -0.390 e. The Morgan fingerprint density at radius 1 is 1.47 bits per heavy atom. The summed E-state index contributed by atoms with van der Waals surface area (Å²) in [6, 6.07) is 4.05. The fourth-order valence-corrected chi connectivity index (χ4v) is 2.59. The molecule has 1 aromatic heterocycles. The molecule has 0 bridgehead atoms. The van der Waals surface area contributed by atoms with E-state index in [2.05, 4.69) is 20.8 Å². The van der Waals surface area contributed by atoms with E-state index in [1.54, 1.807) is 18.4 Å². The van der Waals surface area contributed by atoms with E-state index in [1.165, 1.54) is 4.88 Å². The van der Waals surface area contributed by atoms with E-state index in [9.17, 15) is 5.11 Å². The third-order valence-electron chi connectivity index (χ3n) is 2.45.